The lowest BCUT2D eigenvalue weighted by molar-refractivity contribution is 0.219. The topological polar surface area (TPSA) is 21.1 Å². The highest BCUT2D eigenvalue weighted by Crippen LogP contribution is 2.41. The normalized spacial score (nSPS) is 21.2. The SMILES string of the molecule is Fc1ccc2c(c1)c1c(n2Cc2cccc3cccnc23)C2CCN(CC2)C1. The van der Waals surface area contributed by atoms with Crippen LogP contribution in [-0.2, 0) is 13.1 Å². The number of nitrogens with zero attached hydrogens (tertiary/aromatic N) is 3. The second kappa shape index (κ2) is 6.14. The number of hydrogen-bond donors (Lipinski definition) is 0. The molecule has 7 rings (SSSR count). The van der Waals surface area contributed by atoms with Gasteiger partial charge >= 0.3 is 0 Å². The van der Waals surface area contributed by atoms with Gasteiger partial charge in [0, 0.05) is 40.6 Å². The van der Waals surface area contributed by atoms with Gasteiger partial charge in [-0.3, -0.25) is 9.88 Å². The van der Waals surface area contributed by atoms with Crippen LogP contribution in [0.3, 0.4) is 0 Å². The number of piperidine rings is 1. The second-order valence-corrected chi connectivity index (χ2v) is 8.15. The van der Waals surface area contributed by atoms with Crippen molar-refractivity contribution in [2.75, 3.05) is 13.1 Å². The molecule has 28 heavy (non-hydrogen) atoms. The number of pyridine rings is 1. The highest BCUT2D eigenvalue weighted by atomic mass is 19.1. The van der Waals surface area contributed by atoms with Gasteiger partial charge in [0.2, 0.25) is 0 Å². The van der Waals surface area contributed by atoms with E-state index in [1.807, 2.05) is 18.3 Å². The minimum Gasteiger partial charge on any atom is -0.339 e. The number of halogens is 1. The van der Waals surface area contributed by atoms with Crippen molar-refractivity contribution in [3.8, 4) is 0 Å². The van der Waals surface area contributed by atoms with Crippen LogP contribution in [0.5, 0.6) is 0 Å². The fourth-order valence-corrected chi connectivity index (χ4v) is 5.27. The molecule has 0 aliphatic carbocycles. The van der Waals surface area contributed by atoms with Gasteiger partial charge in [0.05, 0.1) is 12.1 Å². The molecule has 2 bridgehead atoms. The van der Waals surface area contributed by atoms with Gasteiger partial charge in [0.15, 0.2) is 0 Å². The lowest BCUT2D eigenvalue weighted by Gasteiger charge is -2.27. The van der Waals surface area contributed by atoms with E-state index in [1.54, 1.807) is 12.1 Å². The first-order valence-electron chi connectivity index (χ1n) is 10.1. The largest absolute Gasteiger partial charge is 0.339 e. The molecule has 0 saturated carbocycles. The zero-order chi connectivity index (χ0) is 18.7. The van der Waals surface area contributed by atoms with E-state index in [2.05, 4.69) is 38.7 Å². The molecule has 1 fully saturated rings. The van der Waals surface area contributed by atoms with Crippen LogP contribution in [0.1, 0.15) is 35.6 Å². The molecule has 0 amide bonds. The molecule has 5 heterocycles. The van der Waals surface area contributed by atoms with Crippen molar-refractivity contribution in [2.45, 2.75) is 31.8 Å². The summed E-state index contributed by atoms with van der Waals surface area (Å²) in [7, 11) is 0. The summed E-state index contributed by atoms with van der Waals surface area (Å²) in [5.74, 6) is 0.415. The Kier molecular flexibility index (Phi) is 3.57. The van der Waals surface area contributed by atoms with Gasteiger partial charge in [0.1, 0.15) is 5.82 Å². The Morgan fingerprint density at radius 2 is 1.89 bits per heavy atom. The van der Waals surface area contributed by atoms with E-state index in [-0.39, 0.29) is 5.82 Å². The molecule has 3 nitrogen and oxygen atoms in total. The first-order chi connectivity index (χ1) is 13.8. The van der Waals surface area contributed by atoms with Crippen molar-refractivity contribution in [3.63, 3.8) is 0 Å². The van der Waals surface area contributed by atoms with Crippen molar-refractivity contribution < 1.29 is 4.39 Å². The van der Waals surface area contributed by atoms with Crippen LogP contribution in [0.25, 0.3) is 21.8 Å². The lowest BCUT2D eigenvalue weighted by atomic mass is 9.94. The van der Waals surface area contributed by atoms with Crippen LogP contribution in [-0.4, -0.2) is 27.5 Å². The smallest absolute Gasteiger partial charge is 0.123 e. The predicted molar refractivity (Wildman–Crippen MR) is 110 cm³/mol. The van der Waals surface area contributed by atoms with Crippen molar-refractivity contribution in [1.29, 1.82) is 0 Å². The van der Waals surface area contributed by atoms with E-state index in [0.29, 0.717) is 5.92 Å². The summed E-state index contributed by atoms with van der Waals surface area (Å²) in [6.45, 7) is 4.01. The van der Waals surface area contributed by atoms with E-state index in [0.717, 1.165) is 42.6 Å². The molecule has 0 atom stereocenters. The van der Waals surface area contributed by atoms with Crippen LogP contribution in [0, 0.1) is 5.82 Å². The summed E-state index contributed by atoms with van der Waals surface area (Å²) in [6.07, 6.45) is 4.25. The van der Waals surface area contributed by atoms with Gasteiger partial charge < -0.3 is 4.57 Å². The maximum absolute atomic E-state index is 14.1. The molecule has 0 N–H and O–H groups in total. The van der Waals surface area contributed by atoms with Crippen LogP contribution in [0.4, 0.5) is 4.39 Å². The summed E-state index contributed by atoms with van der Waals surface area (Å²) in [4.78, 5) is 7.18. The van der Waals surface area contributed by atoms with E-state index in [9.17, 15) is 4.39 Å². The second-order valence-electron chi connectivity index (χ2n) is 8.15. The number of benzene rings is 2. The average Bonchev–Trinajstić information content (AvgIpc) is 2.87. The predicted octanol–water partition coefficient (Wildman–Crippen LogP) is 5.07. The Morgan fingerprint density at radius 1 is 1.04 bits per heavy atom. The number of hydrogen-bond acceptors (Lipinski definition) is 2. The standard InChI is InChI=1S/C24H22FN3/c25-19-6-7-22-20(13-19)21-15-27-11-8-17(9-12-27)24(21)28(22)14-18-4-1-3-16-5-2-10-26-23(16)18/h1-7,10,13,17H,8-9,11-12,14-15H2. The summed E-state index contributed by atoms with van der Waals surface area (Å²) in [5.41, 5.74) is 6.19. The van der Waals surface area contributed by atoms with Gasteiger partial charge in [-0.25, -0.2) is 4.39 Å². The van der Waals surface area contributed by atoms with E-state index in [1.165, 1.54) is 35.0 Å². The third-order valence-electron chi connectivity index (χ3n) is 6.58. The number of rotatable bonds is 2. The molecule has 3 aliphatic heterocycles. The third kappa shape index (κ3) is 2.41. The monoisotopic (exact) mass is 371 g/mol. The summed E-state index contributed by atoms with van der Waals surface area (Å²) >= 11 is 0. The van der Waals surface area contributed by atoms with Crippen molar-refractivity contribution >= 4 is 21.8 Å². The Bertz CT molecular complexity index is 1200. The fourth-order valence-electron chi connectivity index (χ4n) is 5.27. The Balaban J connectivity index is 1.60. The van der Waals surface area contributed by atoms with Crippen LogP contribution >= 0.6 is 0 Å². The molecule has 2 aromatic heterocycles. The van der Waals surface area contributed by atoms with Crippen LogP contribution in [0.15, 0.2) is 54.7 Å². The van der Waals surface area contributed by atoms with Gasteiger partial charge in [-0.1, -0.05) is 24.3 Å². The quantitative estimate of drug-likeness (QED) is 0.490. The molecule has 4 heteroatoms. The summed E-state index contributed by atoms with van der Waals surface area (Å²) in [6, 6.07) is 15.8. The van der Waals surface area contributed by atoms with Gasteiger partial charge in [-0.15, -0.1) is 0 Å². The fraction of sp³-hybridized carbons (Fsp3) is 0.292. The Morgan fingerprint density at radius 3 is 2.79 bits per heavy atom. The highest BCUT2D eigenvalue weighted by Gasteiger charge is 2.32. The maximum Gasteiger partial charge on any atom is 0.123 e. The molecular weight excluding hydrogens is 349 g/mol. The molecular formula is C24H22FN3. The number of fused-ring (bicyclic) bond motifs is 4. The van der Waals surface area contributed by atoms with E-state index in [4.69, 9.17) is 0 Å². The number of aromatic nitrogens is 2. The van der Waals surface area contributed by atoms with Crippen LogP contribution in [0.2, 0.25) is 0 Å². The van der Waals surface area contributed by atoms with Gasteiger partial charge in [-0.05, 0) is 61.3 Å². The lowest BCUT2D eigenvalue weighted by Crippen LogP contribution is -2.29. The minimum absolute atomic E-state index is 0.147. The first-order valence-corrected chi connectivity index (χ1v) is 10.1. The Hall–Kier alpha value is -2.72. The maximum atomic E-state index is 14.1. The van der Waals surface area contributed by atoms with E-state index < -0.39 is 0 Å². The molecule has 0 spiro atoms. The van der Waals surface area contributed by atoms with Crippen molar-refractivity contribution in [2.24, 2.45) is 0 Å². The Labute approximate surface area is 163 Å². The van der Waals surface area contributed by atoms with Crippen molar-refractivity contribution in [1.82, 2.24) is 14.5 Å². The molecule has 3 aliphatic rings. The molecule has 0 radical (unpaired) electrons. The van der Waals surface area contributed by atoms with Gasteiger partial charge in [-0.2, -0.15) is 0 Å². The van der Waals surface area contributed by atoms with E-state index >= 15 is 0 Å². The molecule has 4 aromatic rings. The first kappa shape index (κ1) is 16.3. The number of para-hydroxylation sites is 1. The zero-order valence-corrected chi connectivity index (χ0v) is 15.7. The molecule has 1 saturated heterocycles. The average molecular weight is 371 g/mol. The third-order valence-corrected chi connectivity index (χ3v) is 6.58. The molecule has 0 unspecified atom stereocenters. The van der Waals surface area contributed by atoms with Gasteiger partial charge in [0.25, 0.3) is 0 Å². The van der Waals surface area contributed by atoms with Crippen LogP contribution < -0.4 is 0 Å². The highest BCUT2D eigenvalue weighted by molar-refractivity contribution is 5.87. The zero-order valence-electron chi connectivity index (χ0n) is 15.7. The van der Waals surface area contributed by atoms with Crippen molar-refractivity contribution in [3.05, 3.63) is 77.4 Å². The summed E-state index contributed by atoms with van der Waals surface area (Å²) < 4.78 is 16.6. The summed E-state index contributed by atoms with van der Waals surface area (Å²) in [5, 5.41) is 2.25. The minimum atomic E-state index is -0.147. The molecule has 140 valence electrons. The molecule has 2 aromatic carbocycles.